The molecule has 1 amide bonds. The second kappa shape index (κ2) is 8.68. The summed E-state index contributed by atoms with van der Waals surface area (Å²) in [5, 5.41) is 6.69. The summed E-state index contributed by atoms with van der Waals surface area (Å²) >= 11 is 0. The summed E-state index contributed by atoms with van der Waals surface area (Å²) in [4.78, 5) is 17.2. The van der Waals surface area contributed by atoms with E-state index in [2.05, 4.69) is 15.4 Å². The number of likely N-dealkylation sites (tertiary alicyclic amines) is 1. The van der Waals surface area contributed by atoms with E-state index in [0.29, 0.717) is 22.7 Å². The van der Waals surface area contributed by atoms with Crippen LogP contribution in [-0.4, -0.2) is 38.2 Å². The Hall–Kier alpha value is -3.53. The van der Waals surface area contributed by atoms with Gasteiger partial charge in [-0.15, -0.1) is 0 Å². The SMILES string of the molecule is O=C(/C=C/c1cncc(F)c1-c1cnn(C2CC2)c1)Nc1ccc(CN2CCC2(F)F)cc1F. The van der Waals surface area contributed by atoms with Crippen molar-refractivity contribution in [3.05, 3.63) is 71.8 Å². The van der Waals surface area contributed by atoms with Crippen molar-refractivity contribution in [3.63, 3.8) is 0 Å². The molecule has 5 rings (SSSR count). The number of benzene rings is 1. The zero-order valence-corrected chi connectivity index (χ0v) is 18.0. The number of halogens is 4. The zero-order valence-electron chi connectivity index (χ0n) is 18.0. The van der Waals surface area contributed by atoms with Crippen molar-refractivity contribution >= 4 is 17.7 Å². The van der Waals surface area contributed by atoms with Gasteiger partial charge in [0.15, 0.2) is 0 Å². The van der Waals surface area contributed by atoms with Crippen molar-refractivity contribution in [2.45, 2.75) is 37.9 Å². The van der Waals surface area contributed by atoms with Crippen molar-refractivity contribution in [3.8, 4) is 11.1 Å². The molecule has 0 atom stereocenters. The molecule has 3 heterocycles. The van der Waals surface area contributed by atoms with Crippen LogP contribution in [0.4, 0.5) is 23.2 Å². The molecule has 6 nitrogen and oxygen atoms in total. The molecule has 1 saturated carbocycles. The molecule has 176 valence electrons. The number of pyridine rings is 1. The number of alkyl halides is 2. The lowest BCUT2D eigenvalue weighted by atomic mass is 10.0. The van der Waals surface area contributed by atoms with Crippen LogP contribution in [0.2, 0.25) is 0 Å². The van der Waals surface area contributed by atoms with E-state index in [1.165, 1.54) is 24.4 Å². The number of hydrogen-bond acceptors (Lipinski definition) is 4. The van der Waals surface area contributed by atoms with E-state index in [0.717, 1.165) is 36.1 Å². The van der Waals surface area contributed by atoms with Gasteiger partial charge in [-0.1, -0.05) is 6.07 Å². The molecule has 2 aliphatic rings. The van der Waals surface area contributed by atoms with Crippen LogP contribution in [0.1, 0.15) is 36.4 Å². The Morgan fingerprint density at radius 2 is 2.00 bits per heavy atom. The monoisotopic (exact) mass is 471 g/mol. The van der Waals surface area contributed by atoms with Crippen LogP contribution < -0.4 is 5.32 Å². The van der Waals surface area contributed by atoms with Gasteiger partial charge in [-0.2, -0.15) is 13.9 Å². The van der Waals surface area contributed by atoms with Crippen molar-refractivity contribution in [2.24, 2.45) is 0 Å². The number of nitrogens with one attached hydrogen (secondary N) is 1. The second-order valence-corrected chi connectivity index (χ2v) is 8.50. The Kier molecular flexibility index (Phi) is 5.68. The average molecular weight is 471 g/mol. The number of hydrogen-bond donors (Lipinski definition) is 1. The Morgan fingerprint density at radius 3 is 2.68 bits per heavy atom. The van der Waals surface area contributed by atoms with Gasteiger partial charge in [-0.05, 0) is 36.6 Å². The van der Waals surface area contributed by atoms with Crippen LogP contribution in [0.25, 0.3) is 17.2 Å². The van der Waals surface area contributed by atoms with E-state index in [-0.39, 0.29) is 30.8 Å². The average Bonchev–Trinajstić information content (AvgIpc) is 3.54. The summed E-state index contributed by atoms with van der Waals surface area (Å²) in [6, 6.07) is 1.42. The molecule has 1 aromatic carbocycles. The second-order valence-electron chi connectivity index (χ2n) is 8.50. The first kappa shape index (κ1) is 22.3. The molecule has 0 radical (unpaired) electrons. The number of carbonyl (C=O) groups excluding carboxylic acids is 1. The van der Waals surface area contributed by atoms with Gasteiger partial charge in [0.1, 0.15) is 11.6 Å². The minimum absolute atomic E-state index is 0.0786. The van der Waals surface area contributed by atoms with Crippen LogP contribution in [0, 0.1) is 11.6 Å². The molecule has 1 aliphatic heterocycles. The van der Waals surface area contributed by atoms with Gasteiger partial charge in [0.25, 0.3) is 0 Å². The maximum Gasteiger partial charge on any atom is 0.306 e. The normalized spacial score (nSPS) is 17.6. The predicted molar refractivity (Wildman–Crippen MR) is 118 cm³/mol. The maximum atomic E-state index is 14.6. The predicted octanol–water partition coefficient (Wildman–Crippen LogP) is 5.01. The molecule has 0 spiro atoms. The Bertz CT molecular complexity index is 1270. The number of aromatic nitrogens is 3. The number of carbonyl (C=O) groups is 1. The molecule has 0 unspecified atom stereocenters. The quantitative estimate of drug-likeness (QED) is 0.299. The minimum Gasteiger partial charge on any atom is -0.320 e. The van der Waals surface area contributed by atoms with Gasteiger partial charge < -0.3 is 5.32 Å². The Balaban J connectivity index is 1.28. The number of rotatable bonds is 7. The van der Waals surface area contributed by atoms with E-state index in [9.17, 15) is 22.4 Å². The molecule has 2 aromatic heterocycles. The summed E-state index contributed by atoms with van der Waals surface area (Å²) in [7, 11) is 0. The third kappa shape index (κ3) is 4.58. The van der Waals surface area contributed by atoms with Gasteiger partial charge in [0.05, 0.1) is 24.1 Å². The van der Waals surface area contributed by atoms with Crippen molar-refractivity contribution in [1.82, 2.24) is 19.7 Å². The van der Waals surface area contributed by atoms with E-state index in [1.807, 2.05) is 0 Å². The standard InChI is InChI=1S/C24H21F4N5O/c25-19-9-15(13-32-8-7-24(32,27)28)1-5-21(19)31-22(34)6-2-16-10-29-12-20(26)23(16)17-11-30-33(14-17)18-3-4-18/h1-2,5-6,9-12,14,18H,3-4,7-8,13H2,(H,31,34)/b6-2+. The molecular formula is C24H21F4N5O. The molecular weight excluding hydrogens is 450 g/mol. The summed E-state index contributed by atoms with van der Waals surface area (Å²) in [5.74, 6) is -1.92. The summed E-state index contributed by atoms with van der Waals surface area (Å²) in [6.07, 6.45) is 10.3. The highest BCUT2D eigenvalue weighted by Gasteiger charge is 2.45. The summed E-state index contributed by atoms with van der Waals surface area (Å²) < 4.78 is 57.6. The molecule has 1 saturated heterocycles. The van der Waals surface area contributed by atoms with Gasteiger partial charge in [0.2, 0.25) is 5.91 Å². The lowest BCUT2D eigenvalue weighted by Crippen LogP contribution is -2.52. The van der Waals surface area contributed by atoms with Crippen molar-refractivity contribution in [2.75, 3.05) is 11.9 Å². The third-order valence-electron chi connectivity index (χ3n) is 5.96. The molecule has 1 N–H and O–H groups in total. The first-order chi connectivity index (χ1) is 16.3. The Morgan fingerprint density at radius 1 is 1.18 bits per heavy atom. The van der Waals surface area contributed by atoms with Gasteiger partial charge in [-0.25, -0.2) is 13.7 Å². The summed E-state index contributed by atoms with van der Waals surface area (Å²) in [5.41, 5.74) is 1.51. The number of nitrogens with zero attached hydrogens (tertiary/aromatic N) is 4. The topological polar surface area (TPSA) is 63.1 Å². The highest BCUT2D eigenvalue weighted by Crippen LogP contribution is 2.36. The van der Waals surface area contributed by atoms with Crippen LogP contribution in [-0.2, 0) is 11.3 Å². The lowest BCUT2D eigenvalue weighted by Gasteiger charge is -2.40. The molecule has 0 bridgehead atoms. The van der Waals surface area contributed by atoms with Crippen LogP contribution >= 0.6 is 0 Å². The van der Waals surface area contributed by atoms with Crippen LogP contribution in [0.3, 0.4) is 0 Å². The third-order valence-corrected chi connectivity index (χ3v) is 5.96. The van der Waals surface area contributed by atoms with Crippen LogP contribution in [0.5, 0.6) is 0 Å². The van der Waals surface area contributed by atoms with E-state index < -0.39 is 23.6 Å². The van der Waals surface area contributed by atoms with E-state index >= 15 is 0 Å². The maximum absolute atomic E-state index is 14.6. The van der Waals surface area contributed by atoms with E-state index in [1.54, 1.807) is 17.1 Å². The zero-order chi connectivity index (χ0) is 23.9. The highest BCUT2D eigenvalue weighted by atomic mass is 19.3. The van der Waals surface area contributed by atoms with Gasteiger partial charge in [0, 0.05) is 54.7 Å². The first-order valence-corrected chi connectivity index (χ1v) is 10.9. The largest absolute Gasteiger partial charge is 0.320 e. The van der Waals surface area contributed by atoms with Crippen molar-refractivity contribution in [1.29, 1.82) is 0 Å². The lowest BCUT2D eigenvalue weighted by molar-refractivity contribution is -0.220. The van der Waals surface area contributed by atoms with Gasteiger partial charge in [-0.3, -0.25) is 14.5 Å². The highest BCUT2D eigenvalue weighted by molar-refractivity contribution is 6.02. The molecule has 10 heteroatoms. The fourth-order valence-electron chi connectivity index (χ4n) is 3.84. The Labute approximate surface area is 192 Å². The fraction of sp³-hybridized carbons (Fsp3) is 0.292. The minimum atomic E-state index is -2.87. The molecule has 34 heavy (non-hydrogen) atoms. The first-order valence-electron chi connectivity index (χ1n) is 10.9. The van der Waals surface area contributed by atoms with Crippen LogP contribution in [0.15, 0.2) is 49.1 Å². The summed E-state index contributed by atoms with van der Waals surface area (Å²) in [6.45, 7) is 0.168. The molecule has 2 fully saturated rings. The number of anilines is 1. The molecule has 1 aliphatic carbocycles. The smallest absolute Gasteiger partial charge is 0.306 e. The van der Waals surface area contributed by atoms with Crippen molar-refractivity contribution < 1.29 is 22.4 Å². The van der Waals surface area contributed by atoms with Gasteiger partial charge >= 0.3 is 6.05 Å². The molecule has 3 aromatic rings. The number of amides is 1. The fourth-order valence-corrected chi connectivity index (χ4v) is 3.84. The van der Waals surface area contributed by atoms with E-state index in [4.69, 9.17) is 0 Å².